The van der Waals surface area contributed by atoms with Crippen molar-refractivity contribution in [2.24, 2.45) is 0 Å². The zero-order valence-corrected chi connectivity index (χ0v) is 15.1. The van der Waals surface area contributed by atoms with Gasteiger partial charge >= 0.3 is 7.12 Å². The topological polar surface area (TPSA) is 119 Å². The van der Waals surface area contributed by atoms with Gasteiger partial charge in [0.05, 0.1) is 29.7 Å². The lowest BCUT2D eigenvalue weighted by molar-refractivity contribution is 0.340. The number of anilines is 1. The van der Waals surface area contributed by atoms with E-state index in [0.717, 1.165) is 22.2 Å². The van der Waals surface area contributed by atoms with Gasteiger partial charge in [0.1, 0.15) is 5.75 Å². The third-order valence-electron chi connectivity index (χ3n) is 4.44. The molecule has 4 aromatic rings. The van der Waals surface area contributed by atoms with Crippen molar-refractivity contribution < 1.29 is 14.8 Å². The summed E-state index contributed by atoms with van der Waals surface area (Å²) in [6.07, 6.45) is 4.99. The first-order chi connectivity index (χ1) is 13.6. The maximum atomic E-state index is 9.85. The quantitative estimate of drug-likeness (QED) is 0.448. The molecule has 9 heteroatoms. The molecule has 0 unspecified atom stereocenters. The first-order valence-corrected chi connectivity index (χ1v) is 8.76. The van der Waals surface area contributed by atoms with Gasteiger partial charge in [-0.2, -0.15) is 15.3 Å². The second-order valence-electron chi connectivity index (χ2n) is 6.20. The van der Waals surface area contributed by atoms with E-state index in [-0.39, 0.29) is 5.46 Å². The number of nitrogens with two attached hydrogens (primary N) is 1. The average molecular weight is 375 g/mol. The number of aromatic nitrogens is 4. The summed E-state index contributed by atoms with van der Waals surface area (Å²) >= 11 is 0. The monoisotopic (exact) mass is 375 g/mol. The molecule has 0 aliphatic heterocycles. The molecule has 0 saturated carbocycles. The number of rotatable bonds is 5. The fourth-order valence-corrected chi connectivity index (χ4v) is 3.15. The minimum atomic E-state index is -1.68. The molecule has 0 amide bonds. The Labute approximate surface area is 161 Å². The van der Waals surface area contributed by atoms with Crippen molar-refractivity contribution in [3.05, 3.63) is 55.0 Å². The van der Waals surface area contributed by atoms with E-state index in [9.17, 15) is 10.0 Å². The summed E-state index contributed by atoms with van der Waals surface area (Å²) in [5, 5.41) is 32.9. The van der Waals surface area contributed by atoms with Crippen LogP contribution in [-0.2, 0) is 0 Å². The highest BCUT2D eigenvalue weighted by atomic mass is 16.5. The van der Waals surface area contributed by atoms with Crippen molar-refractivity contribution in [2.75, 3.05) is 12.3 Å². The summed E-state index contributed by atoms with van der Waals surface area (Å²) in [4.78, 5) is 0. The standard InChI is InChI=1S/C19H18BN5O3/c1-2-28-19-10-18(25-7-3-6-23-25)14(9-15(19)20(26)27)12-4-5-13-16(21)11-22-24-17(13)8-12/h3-11,26-27H,2H2,1H3,(H2,21,24). The molecule has 0 radical (unpaired) electrons. The van der Waals surface area contributed by atoms with Gasteiger partial charge in [0, 0.05) is 34.9 Å². The molecular formula is C19H18BN5O3. The third kappa shape index (κ3) is 3.17. The van der Waals surface area contributed by atoms with E-state index < -0.39 is 7.12 Å². The Morgan fingerprint density at radius 2 is 2.07 bits per heavy atom. The van der Waals surface area contributed by atoms with Crippen LogP contribution in [0.25, 0.3) is 27.7 Å². The van der Waals surface area contributed by atoms with E-state index in [0.29, 0.717) is 23.6 Å². The fraction of sp³-hybridized carbons (Fsp3) is 0.105. The summed E-state index contributed by atoms with van der Waals surface area (Å²) in [6.45, 7) is 2.23. The van der Waals surface area contributed by atoms with Crippen LogP contribution < -0.4 is 15.9 Å². The van der Waals surface area contributed by atoms with Crippen LogP contribution in [0, 0.1) is 0 Å². The van der Waals surface area contributed by atoms with Crippen LogP contribution in [-0.4, -0.2) is 43.8 Å². The lowest BCUT2D eigenvalue weighted by atomic mass is 9.77. The lowest BCUT2D eigenvalue weighted by Gasteiger charge is -2.17. The Balaban J connectivity index is 1.98. The number of benzene rings is 2. The molecule has 4 rings (SSSR count). The SMILES string of the molecule is CCOc1cc(-n2cccn2)c(-c2ccc3c(N)cnnc3c2)cc1B(O)O. The molecular weight excluding hydrogens is 357 g/mol. The van der Waals surface area contributed by atoms with Gasteiger partial charge in [-0.3, -0.25) is 0 Å². The van der Waals surface area contributed by atoms with E-state index in [4.69, 9.17) is 10.5 Å². The van der Waals surface area contributed by atoms with Crippen molar-refractivity contribution in [3.63, 3.8) is 0 Å². The predicted octanol–water partition coefficient (Wildman–Crippen LogP) is 1.14. The zero-order valence-electron chi connectivity index (χ0n) is 15.1. The van der Waals surface area contributed by atoms with Gasteiger partial charge in [0.15, 0.2) is 0 Å². The molecule has 0 aliphatic carbocycles. The number of nitrogen functional groups attached to an aromatic ring is 1. The number of hydrogen-bond acceptors (Lipinski definition) is 7. The van der Waals surface area contributed by atoms with Crippen LogP contribution in [0.2, 0.25) is 0 Å². The molecule has 2 heterocycles. The lowest BCUT2D eigenvalue weighted by Crippen LogP contribution is -2.32. The maximum absolute atomic E-state index is 9.85. The van der Waals surface area contributed by atoms with Gasteiger partial charge in [-0.15, -0.1) is 0 Å². The van der Waals surface area contributed by atoms with Crippen molar-refractivity contribution in [3.8, 4) is 22.6 Å². The Kier molecular flexibility index (Phi) is 4.68. The van der Waals surface area contributed by atoms with Crippen molar-refractivity contribution in [1.29, 1.82) is 0 Å². The zero-order chi connectivity index (χ0) is 19.7. The van der Waals surface area contributed by atoms with Crippen LogP contribution in [0.1, 0.15) is 6.92 Å². The van der Waals surface area contributed by atoms with Crippen LogP contribution in [0.3, 0.4) is 0 Å². The summed E-state index contributed by atoms with van der Waals surface area (Å²) < 4.78 is 7.31. The maximum Gasteiger partial charge on any atom is 0.492 e. The first kappa shape index (κ1) is 18.0. The minimum absolute atomic E-state index is 0.270. The van der Waals surface area contributed by atoms with E-state index in [1.807, 2.05) is 37.4 Å². The van der Waals surface area contributed by atoms with Crippen molar-refractivity contribution >= 4 is 29.2 Å². The molecule has 0 atom stereocenters. The van der Waals surface area contributed by atoms with Gasteiger partial charge in [0.2, 0.25) is 0 Å². The third-order valence-corrected chi connectivity index (χ3v) is 4.44. The Morgan fingerprint density at radius 3 is 2.79 bits per heavy atom. The molecule has 0 saturated heterocycles. The van der Waals surface area contributed by atoms with Crippen LogP contribution in [0.15, 0.2) is 55.0 Å². The average Bonchev–Trinajstić information content (AvgIpc) is 3.22. The van der Waals surface area contributed by atoms with E-state index in [2.05, 4.69) is 15.3 Å². The van der Waals surface area contributed by atoms with Crippen LogP contribution >= 0.6 is 0 Å². The Morgan fingerprint density at radius 1 is 1.21 bits per heavy atom. The molecule has 0 spiro atoms. The number of ether oxygens (including phenoxy) is 1. The molecule has 2 aromatic carbocycles. The summed E-state index contributed by atoms with van der Waals surface area (Å²) in [5.41, 5.74) is 9.70. The van der Waals surface area contributed by atoms with Gasteiger partial charge in [-0.25, -0.2) is 4.68 Å². The molecule has 4 N–H and O–H groups in total. The highest BCUT2D eigenvalue weighted by molar-refractivity contribution is 6.60. The molecule has 0 aliphatic rings. The van der Waals surface area contributed by atoms with E-state index in [1.165, 1.54) is 6.20 Å². The Hall–Kier alpha value is -3.43. The molecule has 140 valence electrons. The van der Waals surface area contributed by atoms with Crippen LogP contribution in [0.4, 0.5) is 5.69 Å². The van der Waals surface area contributed by atoms with Gasteiger partial charge in [-0.1, -0.05) is 6.07 Å². The Bertz CT molecular complexity index is 1130. The summed E-state index contributed by atoms with van der Waals surface area (Å²) in [6, 6.07) is 10.9. The number of hydrogen-bond donors (Lipinski definition) is 3. The fourth-order valence-electron chi connectivity index (χ4n) is 3.15. The largest absolute Gasteiger partial charge is 0.494 e. The van der Waals surface area contributed by atoms with E-state index >= 15 is 0 Å². The second kappa shape index (κ2) is 7.30. The number of nitrogens with zero attached hydrogens (tertiary/aromatic N) is 4. The predicted molar refractivity (Wildman–Crippen MR) is 108 cm³/mol. The normalized spacial score (nSPS) is 11.0. The summed E-state index contributed by atoms with van der Waals surface area (Å²) in [7, 11) is -1.68. The molecule has 0 bridgehead atoms. The highest BCUT2D eigenvalue weighted by Gasteiger charge is 2.22. The van der Waals surface area contributed by atoms with Crippen molar-refractivity contribution in [2.45, 2.75) is 6.92 Å². The highest BCUT2D eigenvalue weighted by Crippen LogP contribution is 2.32. The molecule has 0 fully saturated rings. The minimum Gasteiger partial charge on any atom is -0.494 e. The molecule has 28 heavy (non-hydrogen) atoms. The van der Waals surface area contributed by atoms with Gasteiger partial charge in [0.25, 0.3) is 0 Å². The second-order valence-corrected chi connectivity index (χ2v) is 6.20. The molecule has 8 nitrogen and oxygen atoms in total. The van der Waals surface area contributed by atoms with E-state index in [1.54, 1.807) is 23.0 Å². The smallest absolute Gasteiger partial charge is 0.492 e. The first-order valence-electron chi connectivity index (χ1n) is 8.76. The van der Waals surface area contributed by atoms with Gasteiger partial charge < -0.3 is 20.5 Å². The van der Waals surface area contributed by atoms with Crippen LogP contribution in [0.5, 0.6) is 5.75 Å². The van der Waals surface area contributed by atoms with Crippen molar-refractivity contribution in [1.82, 2.24) is 20.0 Å². The summed E-state index contributed by atoms with van der Waals surface area (Å²) in [5.74, 6) is 0.386. The van der Waals surface area contributed by atoms with Gasteiger partial charge in [-0.05, 0) is 36.8 Å². The molecule has 2 aromatic heterocycles. The number of fused-ring (bicyclic) bond motifs is 1.